The van der Waals surface area contributed by atoms with Gasteiger partial charge in [0.1, 0.15) is 29.8 Å². The molecule has 0 heterocycles. The van der Waals surface area contributed by atoms with Crippen molar-refractivity contribution in [2.24, 2.45) is 0 Å². The predicted octanol–water partition coefficient (Wildman–Crippen LogP) is 6.72. The van der Waals surface area contributed by atoms with Gasteiger partial charge in [0.2, 0.25) is 0 Å². The topological polar surface area (TPSA) is 62.1 Å². The Morgan fingerprint density at radius 1 is 1.03 bits per heavy atom. The van der Waals surface area contributed by atoms with Crippen molar-refractivity contribution in [3.8, 4) is 11.8 Å². The Morgan fingerprint density at radius 3 is 2.59 bits per heavy atom. The highest BCUT2D eigenvalue weighted by atomic mass is 19.1. The van der Waals surface area contributed by atoms with Crippen LogP contribution in [0.25, 0.3) is 16.8 Å². The van der Waals surface area contributed by atoms with Gasteiger partial charge in [0.15, 0.2) is 0 Å². The largest absolute Gasteiger partial charge is 0.488 e. The van der Waals surface area contributed by atoms with Crippen LogP contribution in [0.15, 0.2) is 84.4 Å². The highest BCUT2D eigenvalue weighted by molar-refractivity contribution is 6.11. The first kappa shape index (κ1) is 22.8. The van der Waals surface area contributed by atoms with E-state index >= 15 is 0 Å². The summed E-state index contributed by atoms with van der Waals surface area (Å²) in [5, 5.41) is 14.4. The molecule has 0 saturated carbocycles. The molecular weight excluding hydrogens is 427 g/mol. The van der Waals surface area contributed by atoms with Crippen molar-refractivity contribution >= 4 is 28.4 Å². The molecule has 0 fully saturated rings. The molecule has 0 atom stereocenters. The number of rotatable bonds is 6. The first-order chi connectivity index (χ1) is 16.5. The van der Waals surface area contributed by atoms with E-state index in [2.05, 4.69) is 5.32 Å². The number of nitrogens with zero attached hydrogens (tertiary/aromatic N) is 1. The van der Waals surface area contributed by atoms with Crippen molar-refractivity contribution in [2.45, 2.75) is 20.5 Å². The molecule has 1 amide bonds. The molecule has 168 valence electrons. The van der Waals surface area contributed by atoms with Crippen LogP contribution in [-0.2, 0) is 11.4 Å². The van der Waals surface area contributed by atoms with E-state index in [0.29, 0.717) is 22.6 Å². The lowest BCUT2D eigenvalue weighted by molar-refractivity contribution is -0.112. The fourth-order valence-electron chi connectivity index (χ4n) is 3.67. The second-order valence-electron chi connectivity index (χ2n) is 8.02. The van der Waals surface area contributed by atoms with Crippen LogP contribution in [0.3, 0.4) is 0 Å². The first-order valence-corrected chi connectivity index (χ1v) is 10.8. The molecule has 0 saturated heterocycles. The molecule has 0 aliphatic heterocycles. The number of nitriles is 1. The lowest BCUT2D eigenvalue weighted by atomic mass is 10.0. The van der Waals surface area contributed by atoms with Crippen LogP contribution in [0.5, 0.6) is 5.75 Å². The highest BCUT2D eigenvalue weighted by Crippen LogP contribution is 2.31. The third-order valence-corrected chi connectivity index (χ3v) is 5.57. The summed E-state index contributed by atoms with van der Waals surface area (Å²) in [7, 11) is 0. The van der Waals surface area contributed by atoms with Gasteiger partial charge >= 0.3 is 0 Å². The molecule has 1 N–H and O–H groups in total. The van der Waals surface area contributed by atoms with Crippen molar-refractivity contribution in [2.75, 3.05) is 5.32 Å². The molecule has 0 spiro atoms. The Labute approximate surface area is 197 Å². The molecule has 0 aliphatic carbocycles. The van der Waals surface area contributed by atoms with Crippen molar-refractivity contribution in [3.05, 3.63) is 113 Å². The van der Waals surface area contributed by atoms with E-state index in [1.165, 1.54) is 12.1 Å². The van der Waals surface area contributed by atoms with E-state index in [1.807, 2.05) is 68.4 Å². The summed E-state index contributed by atoms with van der Waals surface area (Å²) >= 11 is 0. The average Bonchev–Trinajstić information content (AvgIpc) is 2.84. The minimum Gasteiger partial charge on any atom is -0.488 e. The zero-order valence-electron chi connectivity index (χ0n) is 18.9. The SMILES string of the molecule is Cc1ccc(C)c(NC(=O)/C(C#N)=C/c2c(OCc3ccccc3F)ccc3ccccc23)c1. The number of amides is 1. The first-order valence-electron chi connectivity index (χ1n) is 10.8. The van der Waals surface area contributed by atoms with Gasteiger partial charge in [-0.1, -0.05) is 60.7 Å². The number of halogens is 1. The maximum Gasteiger partial charge on any atom is 0.266 e. The summed E-state index contributed by atoms with van der Waals surface area (Å²) in [5.74, 6) is -0.413. The second-order valence-corrected chi connectivity index (χ2v) is 8.02. The number of benzene rings is 4. The van der Waals surface area contributed by atoms with Crippen molar-refractivity contribution in [3.63, 3.8) is 0 Å². The van der Waals surface area contributed by atoms with Crippen LogP contribution >= 0.6 is 0 Å². The van der Waals surface area contributed by atoms with Gasteiger partial charge in [0, 0.05) is 16.8 Å². The van der Waals surface area contributed by atoms with E-state index in [1.54, 1.807) is 24.3 Å². The van der Waals surface area contributed by atoms with Crippen LogP contribution in [0.4, 0.5) is 10.1 Å². The number of hydrogen-bond donors (Lipinski definition) is 1. The van der Waals surface area contributed by atoms with Gasteiger partial charge in [-0.25, -0.2) is 4.39 Å². The zero-order chi connectivity index (χ0) is 24.1. The van der Waals surface area contributed by atoms with Crippen LogP contribution < -0.4 is 10.1 Å². The number of hydrogen-bond acceptors (Lipinski definition) is 3. The maximum absolute atomic E-state index is 14.1. The minimum absolute atomic E-state index is 0.0163. The van der Waals surface area contributed by atoms with Crippen molar-refractivity contribution in [1.29, 1.82) is 5.26 Å². The summed E-state index contributed by atoms with van der Waals surface area (Å²) in [6, 6.07) is 25.4. The molecule has 4 rings (SSSR count). The Hall–Kier alpha value is -4.43. The van der Waals surface area contributed by atoms with Gasteiger partial charge in [-0.3, -0.25) is 4.79 Å². The number of carbonyl (C=O) groups is 1. The summed E-state index contributed by atoms with van der Waals surface area (Å²) in [6.07, 6.45) is 1.53. The van der Waals surface area contributed by atoms with Gasteiger partial charge in [-0.2, -0.15) is 5.26 Å². The lowest BCUT2D eigenvalue weighted by Crippen LogP contribution is -2.14. The third kappa shape index (κ3) is 4.97. The van der Waals surface area contributed by atoms with E-state index in [9.17, 15) is 14.4 Å². The quantitative estimate of drug-likeness (QED) is 0.262. The summed E-state index contributed by atoms with van der Waals surface area (Å²) in [4.78, 5) is 13.0. The molecule has 34 heavy (non-hydrogen) atoms. The monoisotopic (exact) mass is 450 g/mol. The van der Waals surface area contributed by atoms with Crippen LogP contribution in [0.2, 0.25) is 0 Å². The molecule has 5 heteroatoms. The molecule has 0 aromatic heterocycles. The number of anilines is 1. The fourth-order valence-corrected chi connectivity index (χ4v) is 3.67. The summed E-state index contributed by atoms with van der Waals surface area (Å²) < 4.78 is 20.1. The second kappa shape index (κ2) is 10.0. The van der Waals surface area contributed by atoms with Gasteiger partial charge in [-0.05, 0) is 60.0 Å². The lowest BCUT2D eigenvalue weighted by Gasteiger charge is -2.13. The minimum atomic E-state index is -0.510. The van der Waals surface area contributed by atoms with Gasteiger partial charge < -0.3 is 10.1 Å². The van der Waals surface area contributed by atoms with Crippen LogP contribution in [0.1, 0.15) is 22.3 Å². The molecule has 0 aliphatic rings. The fraction of sp³-hybridized carbons (Fsp3) is 0.103. The molecule has 0 unspecified atom stereocenters. The molecule has 4 aromatic rings. The Bertz CT molecular complexity index is 1450. The Morgan fingerprint density at radius 2 is 1.79 bits per heavy atom. The van der Waals surface area contributed by atoms with E-state index in [4.69, 9.17) is 4.74 Å². The van der Waals surface area contributed by atoms with E-state index in [-0.39, 0.29) is 18.0 Å². The zero-order valence-corrected chi connectivity index (χ0v) is 18.9. The number of carbonyl (C=O) groups excluding carboxylic acids is 1. The third-order valence-electron chi connectivity index (χ3n) is 5.57. The highest BCUT2D eigenvalue weighted by Gasteiger charge is 2.15. The molecule has 0 radical (unpaired) electrons. The van der Waals surface area contributed by atoms with E-state index < -0.39 is 5.91 Å². The number of fused-ring (bicyclic) bond motifs is 1. The Kier molecular flexibility index (Phi) is 6.70. The Balaban J connectivity index is 1.72. The van der Waals surface area contributed by atoms with Crippen LogP contribution in [-0.4, -0.2) is 5.91 Å². The molecule has 0 bridgehead atoms. The predicted molar refractivity (Wildman–Crippen MR) is 133 cm³/mol. The van der Waals surface area contributed by atoms with Crippen molar-refractivity contribution < 1.29 is 13.9 Å². The van der Waals surface area contributed by atoms with Crippen LogP contribution in [0, 0.1) is 31.0 Å². The number of aryl methyl sites for hydroxylation is 2. The maximum atomic E-state index is 14.1. The standard InChI is InChI=1S/C29H23FN2O2/c1-19-11-12-20(2)27(15-19)32-29(33)23(17-31)16-25-24-9-5-3-7-21(24)13-14-28(25)34-18-22-8-4-6-10-26(22)30/h3-16H,18H2,1-2H3,(H,32,33)/b23-16+. The van der Waals surface area contributed by atoms with E-state index in [0.717, 1.165) is 21.9 Å². The van der Waals surface area contributed by atoms with Gasteiger partial charge in [0.25, 0.3) is 5.91 Å². The van der Waals surface area contributed by atoms with Gasteiger partial charge in [-0.15, -0.1) is 0 Å². The smallest absolute Gasteiger partial charge is 0.266 e. The van der Waals surface area contributed by atoms with Gasteiger partial charge in [0.05, 0.1) is 0 Å². The summed E-state index contributed by atoms with van der Waals surface area (Å²) in [5.41, 5.74) is 3.49. The van der Waals surface area contributed by atoms with Crippen molar-refractivity contribution in [1.82, 2.24) is 0 Å². The molecule has 4 aromatic carbocycles. The molecule has 4 nitrogen and oxygen atoms in total. The average molecular weight is 451 g/mol. The number of nitrogens with one attached hydrogen (secondary N) is 1. The summed E-state index contributed by atoms with van der Waals surface area (Å²) in [6.45, 7) is 3.85. The molecular formula is C29H23FN2O2. The normalized spacial score (nSPS) is 11.2. The number of ether oxygens (including phenoxy) is 1.